The number of benzene rings is 3. The largest absolute Gasteiger partial charge is 0.546 e. The number of hydrogen-bond acceptors (Lipinski definition) is 9. The predicted molar refractivity (Wildman–Crippen MR) is 169 cm³/mol. The molecule has 1 heterocycles. The molecule has 0 amide bonds. The van der Waals surface area contributed by atoms with Gasteiger partial charge in [-0.15, -0.1) is 6.58 Å². The van der Waals surface area contributed by atoms with Gasteiger partial charge in [0.15, 0.2) is 6.10 Å². The molecule has 4 atom stereocenters. The Morgan fingerprint density at radius 1 is 1.02 bits per heavy atom. The van der Waals surface area contributed by atoms with Gasteiger partial charge in [-0.3, -0.25) is 4.90 Å². The van der Waals surface area contributed by atoms with E-state index in [1.54, 1.807) is 50.2 Å². The maximum absolute atomic E-state index is 14.1. The molecule has 250 valence electrons. The monoisotopic (exact) mass is 714 g/mol. The molecule has 47 heavy (non-hydrogen) atoms. The van der Waals surface area contributed by atoms with Crippen molar-refractivity contribution >= 4 is 39.8 Å². The van der Waals surface area contributed by atoms with E-state index in [0.717, 1.165) is 22.1 Å². The quantitative estimate of drug-likeness (QED) is 0.196. The summed E-state index contributed by atoms with van der Waals surface area (Å²) in [7, 11) is 0. The van der Waals surface area contributed by atoms with Gasteiger partial charge in [-0.05, 0) is 56.3 Å². The third-order valence-corrected chi connectivity index (χ3v) is 8.12. The first kappa shape index (κ1) is 37.0. The average molecular weight is 716 g/mol. The maximum Gasteiger partial charge on any atom is 0.349 e. The Hall–Kier alpha value is -4.43. The van der Waals surface area contributed by atoms with Gasteiger partial charge >= 0.3 is 17.9 Å². The summed E-state index contributed by atoms with van der Waals surface area (Å²) < 4.78 is 24.5. The fraction of sp³-hybridized carbons (Fsp3) is 0.294. The van der Waals surface area contributed by atoms with Gasteiger partial charge < -0.3 is 35.3 Å². The van der Waals surface area contributed by atoms with Crippen molar-refractivity contribution in [2.75, 3.05) is 26.2 Å². The van der Waals surface area contributed by atoms with Crippen molar-refractivity contribution in [1.82, 2.24) is 4.90 Å². The second-order valence-corrected chi connectivity index (χ2v) is 12.1. The number of nitrogens with zero attached hydrogens (tertiary/aromatic N) is 1. The van der Waals surface area contributed by atoms with Crippen LogP contribution in [0.25, 0.3) is 0 Å². The minimum atomic E-state index is -2.33. The molecule has 1 aliphatic rings. The number of rotatable bonds is 11. The lowest BCUT2D eigenvalue weighted by Gasteiger charge is -2.26. The number of halogens is 2. The van der Waals surface area contributed by atoms with Gasteiger partial charge in [0.05, 0.1) is 41.7 Å². The van der Waals surface area contributed by atoms with Crippen LogP contribution in [0.2, 0.25) is 0 Å². The third kappa shape index (κ3) is 9.55. The van der Waals surface area contributed by atoms with Gasteiger partial charge in [-0.2, -0.15) is 0 Å². The molecule has 5 N–H and O–H groups in total. The second kappa shape index (κ2) is 16.4. The van der Waals surface area contributed by atoms with Gasteiger partial charge in [-0.25, -0.2) is 18.8 Å². The fourth-order valence-electron chi connectivity index (χ4n) is 5.04. The second-order valence-electron chi connectivity index (χ2n) is 11.2. The molecule has 1 aliphatic heterocycles. The zero-order chi connectivity index (χ0) is 34.9. The Morgan fingerprint density at radius 2 is 1.53 bits per heavy atom. The molecule has 0 saturated carbocycles. The number of aliphatic carboxylic acids is 2. The molecule has 0 spiro atoms. The highest BCUT2D eigenvalue weighted by Crippen LogP contribution is 2.35. The van der Waals surface area contributed by atoms with E-state index in [2.05, 4.69) is 33.1 Å². The number of aliphatic hydroxyl groups is 1. The molecule has 0 bridgehead atoms. The SMILES string of the molecule is C=CCN1C[C@@H](CO)[C@]([NH3+])(c2cc(Br)ccc2F)C1.Cc1ccc(C(=O)O[C@H](C(=O)[O-])[C@H](OC(=O)c2ccc(C)cc2)C(=O)O)cc1. The van der Waals surface area contributed by atoms with Crippen molar-refractivity contribution < 1.29 is 54.1 Å². The van der Waals surface area contributed by atoms with Crippen LogP contribution in [-0.4, -0.2) is 77.4 Å². The lowest BCUT2D eigenvalue weighted by atomic mass is 9.81. The lowest BCUT2D eigenvalue weighted by molar-refractivity contribution is -0.496. The van der Waals surface area contributed by atoms with E-state index in [1.165, 1.54) is 30.3 Å². The Balaban J connectivity index is 0.000000274. The van der Waals surface area contributed by atoms with Crippen molar-refractivity contribution in [3.05, 3.63) is 117 Å². The van der Waals surface area contributed by atoms with Crippen LogP contribution in [0.1, 0.15) is 37.4 Å². The molecule has 1 saturated heterocycles. The van der Waals surface area contributed by atoms with Gasteiger partial charge in [-0.1, -0.05) is 57.4 Å². The number of carbonyl (C=O) groups excluding carboxylic acids is 3. The van der Waals surface area contributed by atoms with Gasteiger partial charge in [0, 0.05) is 17.6 Å². The molecule has 3 aromatic carbocycles. The molecule has 0 unspecified atom stereocenters. The maximum atomic E-state index is 14.1. The number of ether oxygens (including phenoxy) is 2. The molecular weight excluding hydrogens is 679 g/mol. The number of carbonyl (C=O) groups is 4. The van der Waals surface area contributed by atoms with Crippen LogP contribution in [0.3, 0.4) is 0 Å². The number of likely N-dealkylation sites (tertiary alicyclic amines) is 1. The van der Waals surface area contributed by atoms with Gasteiger partial charge in [0.2, 0.25) is 6.10 Å². The van der Waals surface area contributed by atoms with E-state index < -0.39 is 41.6 Å². The Bertz CT molecular complexity index is 1520. The molecule has 1 fully saturated rings. The summed E-state index contributed by atoms with van der Waals surface area (Å²) in [5.41, 5.74) is 5.89. The first-order chi connectivity index (χ1) is 22.2. The lowest BCUT2D eigenvalue weighted by Crippen LogP contribution is -2.74. The third-order valence-electron chi connectivity index (χ3n) is 7.63. The molecule has 13 heteroatoms. The van der Waals surface area contributed by atoms with Crippen molar-refractivity contribution in [1.29, 1.82) is 0 Å². The summed E-state index contributed by atoms with van der Waals surface area (Å²) in [6.07, 6.45) is -2.80. The molecule has 0 aromatic heterocycles. The molecule has 3 aromatic rings. The van der Waals surface area contributed by atoms with Crippen LogP contribution in [0.5, 0.6) is 0 Å². The molecule has 0 aliphatic carbocycles. The molecular formula is C34H36BrFN2O9. The highest BCUT2D eigenvalue weighted by Gasteiger charge is 2.49. The van der Waals surface area contributed by atoms with E-state index >= 15 is 0 Å². The van der Waals surface area contributed by atoms with E-state index in [9.17, 15) is 38.9 Å². The highest BCUT2D eigenvalue weighted by molar-refractivity contribution is 9.10. The summed E-state index contributed by atoms with van der Waals surface area (Å²) in [5.74, 6) is -6.32. The van der Waals surface area contributed by atoms with E-state index in [1.807, 2.05) is 6.08 Å². The van der Waals surface area contributed by atoms with E-state index in [4.69, 9.17) is 9.47 Å². The van der Waals surface area contributed by atoms with Crippen LogP contribution in [0.4, 0.5) is 4.39 Å². The highest BCUT2D eigenvalue weighted by atomic mass is 79.9. The van der Waals surface area contributed by atoms with Crippen molar-refractivity contribution in [3.63, 3.8) is 0 Å². The number of aryl methyl sites for hydroxylation is 2. The first-order valence-corrected chi connectivity index (χ1v) is 15.2. The summed E-state index contributed by atoms with van der Waals surface area (Å²) in [4.78, 5) is 49.3. The molecule has 4 rings (SSSR count). The van der Waals surface area contributed by atoms with Crippen molar-refractivity contribution in [2.24, 2.45) is 5.92 Å². The summed E-state index contributed by atoms with van der Waals surface area (Å²) in [6, 6.07) is 16.8. The number of carboxylic acid groups (broad SMARTS) is 2. The standard InChI is InChI=1S/C20H18O8.C14H18BrFN2O/c1-11-3-7-13(8-4-11)19(25)27-15(17(21)22)16(18(23)24)28-20(26)14-9-5-12(2)6-10-14;1-2-5-18-7-10(8-19)14(17,9-18)12-6-11(15)3-4-13(12)16/h3-10,15-16H,1-2H3,(H,21,22)(H,23,24);2-4,6,10,19H,1,5,7-9,17H2/t15-,16-;10-,14-/m00/s1. The summed E-state index contributed by atoms with van der Waals surface area (Å²) in [6.45, 7) is 9.34. The number of aliphatic hydroxyl groups excluding tert-OH is 1. The Kier molecular flexibility index (Phi) is 12.9. The Morgan fingerprint density at radius 3 is 1.98 bits per heavy atom. The zero-order valence-corrected chi connectivity index (χ0v) is 27.4. The molecule has 11 nitrogen and oxygen atoms in total. The number of esters is 2. The van der Waals surface area contributed by atoms with Crippen molar-refractivity contribution in [3.8, 4) is 0 Å². The molecule has 0 radical (unpaired) electrons. The number of quaternary nitrogens is 1. The minimum absolute atomic E-state index is 0.00307. The van der Waals surface area contributed by atoms with Crippen LogP contribution in [0.15, 0.2) is 83.9 Å². The average Bonchev–Trinajstić information content (AvgIpc) is 3.36. The Labute approximate surface area is 279 Å². The van der Waals surface area contributed by atoms with E-state index in [-0.39, 0.29) is 29.5 Å². The smallest absolute Gasteiger partial charge is 0.349 e. The zero-order valence-electron chi connectivity index (χ0n) is 25.9. The number of carboxylic acids is 2. The topological polar surface area (TPSA) is 181 Å². The van der Waals surface area contributed by atoms with Crippen LogP contribution in [-0.2, 0) is 24.6 Å². The van der Waals surface area contributed by atoms with Gasteiger partial charge in [0.1, 0.15) is 11.4 Å². The summed E-state index contributed by atoms with van der Waals surface area (Å²) >= 11 is 3.37. The van der Waals surface area contributed by atoms with Gasteiger partial charge in [0.25, 0.3) is 0 Å². The van der Waals surface area contributed by atoms with Crippen LogP contribution in [0, 0.1) is 25.6 Å². The van der Waals surface area contributed by atoms with Crippen LogP contribution < -0.4 is 10.8 Å². The van der Waals surface area contributed by atoms with Crippen LogP contribution >= 0.6 is 15.9 Å². The fourth-order valence-corrected chi connectivity index (χ4v) is 5.40. The van der Waals surface area contributed by atoms with E-state index in [0.29, 0.717) is 18.7 Å². The minimum Gasteiger partial charge on any atom is -0.546 e. The first-order valence-electron chi connectivity index (χ1n) is 14.4. The predicted octanol–water partition coefficient (Wildman–Crippen LogP) is 2.02. The normalized spacial score (nSPS) is 18.6. The summed E-state index contributed by atoms with van der Waals surface area (Å²) in [5, 5.41) is 30.3. The van der Waals surface area contributed by atoms with Crippen molar-refractivity contribution in [2.45, 2.75) is 31.6 Å². The number of hydrogen-bond donors (Lipinski definition) is 3.